The molecule has 144 valence electrons. The smallest absolute Gasteiger partial charge is 0.387 e. The zero-order chi connectivity index (χ0) is 19.9. The van der Waals surface area contributed by atoms with E-state index < -0.39 is 22.5 Å². The number of carbonyl (C=O) groups excluding carboxylic acids is 1. The molecule has 6 nitrogen and oxygen atoms in total. The molecule has 9 heteroatoms. The van der Waals surface area contributed by atoms with E-state index >= 15 is 0 Å². The molecule has 0 aliphatic rings. The average Bonchev–Trinajstić information content (AvgIpc) is 2.60. The molecule has 0 unspecified atom stereocenters. The number of carbonyl (C=O) groups is 1. The molecule has 1 amide bonds. The Labute approximate surface area is 155 Å². The minimum Gasteiger partial charge on any atom is -0.434 e. The molecule has 2 aromatic rings. The van der Waals surface area contributed by atoms with Gasteiger partial charge in [0.2, 0.25) is 15.9 Å². The lowest BCUT2D eigenvalue weighted by atomic mass is 10.1. The molecular weight excluding hydrogens is 378 g/mol. The first kappa shape index (κ1) is 20.5. The van der Waals surface area contributed by atoms with Crippen molar-refractivity contribution in [1.29, 1.82) is 0 Å². The van der Waals surface area contributed by atoms with Crippen molar-refractivity contribution >= 4 is 22.0 Å². The first-order valence-electron chi connectivity index (χ1n) is 7.87. The lowest BCUT2D eigenvalue weighted by Crippen LogP contribution is -2.23. The number of nitrogens with one attached hydrogen (secondary N) is 1. The van der Waals surface area contributed by atoms with Crippen molar-refractivity contribution in [2.75, 3.05) is 6.54 Å². The van der Waals surface area contributed by atoms with Gasteiger partial charge in [-0.2, -0.15) is 8.78 Å². The lowest BCUT2D eigenvalue weighted by Gasteiger charge is -2.07. The number of sulfonamides is 1. The third kappa shape index (κ3) is 6.80. The Morgan fingerprint density at radius 1 is 1.15 bits per heavy atom. The van der Waals surface area contributed by atoms with Crippen LogP contribution in [0.4, 0.5) is 8.78 Å². The highest BCUT2D eigenvalue weighted by Gasteiger charge is 2.08. The molecule has 2 aromatic carbocycles. The van der Waals surface area contributed by atoms with Gasteiger partial charge >= 0.3 is 6.61 Å². The van der Waals surface area contributed by atoms with Gasteiger partial charge in [0.15, 0.2) is 0 Å². The zero-order valence-corrected chi connectivity index (χ0v) is 15.0. The maximum atomic E-state index is 12.4. The van der Waals surface area contributed by atoms with Crippen molar-refractivity contribution in [1.82, 2.24) is 5.32 Å². The molecule has 0 bridgehead atoms. The monoisotopic (exact) mass is 396 g/mol. The highest BCUT2D eigenvalue weighted by Crippen LogP contribution is 2.21. The SMILES string of the molecule is NS(=O)(=O)c1ccc(CCNC(=O)/C=C/c2ccccc2OC(F)F)cc1. The summed E-state index contributed by atoms with van der Waals surface area (Å²) in [6, 6.07) is 12.1. The first-order chi connectivity index (χ1) is 12.8. The molecule has 3 N–H and O–H groups in total. The highest BCUT2D eigenvalue weighted by molar-refractivity contribution is 7.89. The van der Waals surface area contributed by atoms with Crippen LogP contribution in [0, 0.1) is 0 Å². The molecule has 0 saturated carbocycles. The second-order valence-electron chi connectivity index (χ2n) is 5.48. The number of halogens is 2. The molecule has 0 saturated heterocycles. The zero-order valence-electron chi connectivity index (χ0n) is 14.1. The summed E-state index contributed by atoms with van der Waals surface area (Å²) < 4.78 is 51.4. The predicted octanol–water partition coefficient (Wildman–Crippen LogP) is 2.31. The Hall–Kier alpha value is -2.78. The number of amides is 1. The molecule has 0 radical (unpaired) electrons. The number of nitrogens with two attached hydrogens (primary N) is 1. The topological polar surface area (TPSA) is 98.5 Å². The van der Waals surface area contributed by atoms with Crippen LogP contribution in [-0.4, -0.2) is 27.5 Å². The fourth-order valence-corrected chi connectivity index (χ4v) is 2.74. The van der Waals surface area contributed by atoms with E-state index in [2.05, 4.69) is 10.1 Å². The van der Waals surface area contributed by atoms with Crippen molar-refractivity contribution in [3.8, 4) is 5.75 Å². The maximum absolute atomic E-state index is 12.4. The summed E-state index contributed by atoms with van der Waals surface area (Å²) in [5.41, 5.74) is 1.17. The van der Waals surface area contributed by atoms with E-state index in [9.17, 15) is 22.0 Å². The van der Waals surface area contributed by atoms with Crippen LogP contribution in [-0.2, 0) is 21.2 Å². The van der Waals surface area contributed by atoms with Gasteiger partial charge in [0, 0.05) is 18.2 Å². The van der Waals surface area contributed by atoms with E-state index in [0.29, 0.717) is 18.5 Å². The summed E-state index contributed by atoms with van der Waals surface area (Å²) >= 11 is 0. The molecule has 0 aliphatic carbocycles. The summed E-state index contributed by atoms with van der Waals surface area (Å²) in [6.07, 6.45) is 3.08. The maximum Gasteiger partial charge on any atom is 0.387 e. The van der Waals surface area contributed by atoms with Crippen LogP contribution in [0.15, 0.2) is 59.5 Å². The molecule has 0 heterocycles. The van der Waals surface area contributed by atoms with Gasteiger partial charge in [-0.05, 0) is 36.3 Å². The van der Waals surface area contributed by atoms with Gasteiger partial charge in [-0.1, -0.05) is 30.3 Å². The van der Waals surface area contributed by atoms with Crippen LogP contribution in [0.25, 0.3) is 6.08 Å². The molecule has 2 rings (SSSR count). The standard InChI is InChI=1S/C18H18F2N2O4S/c19-18(20)26-16-4-2-1-3-14(16)7-10-17(23)22-12-11-13-5-8-15(9-6-13)27(21,24)25/h1-10,18H,11-12H2,(H,22,23)(H2,21,24,25)/b10-7+. The van der Waals surface area contributed by atoms with Crippen LogP contribution in [0.5, 0.6) is 5.75 Å². The third-order valence-electron chi connectivity index (χ3n) is 3.51. The van der Waals surface area contributed by atoms with Gasteiger partial charge < -0.3 is 10.1 Å². The Kier molecular flexibility index (Phi) is 7.03. The largest absolute Gasteiger partial charge is 0.434 e. The summed E-state index contributed by atoms with van der Waals surface area (Å²) in [4.78, 5) is 11.9. The van der Waals surface area contributed by atoms with Crippen molar-refractivity contribution < 1.29 is 26.7 Å². The van der Waals surface area contributed by atoms with Crippen LogP contribution in [0.2, 0.25) is 0 Å². The molecule has 0 atom stereocenters. The van der Waals surface area contributed by atoms with Crippen LogP contribution < -0.4 is 15.2 Å². The summed E-state index contributed by atoms with van der Waals surface area (Å²) in [6.45, 7) is -2.64. The number of primary sulfonamides is 1. The number of hydrogen-bond acceptors (Lipinski definition) is 4. The molecule has 0 fully saturated rings. The van der Waals surface area contributed by atoms with E-state index in [0.717, 1.165) is 5.56 Å². The molecule has 27 heavy (non-hydrogen) atoms. The number of benzene rings is 2. The van der Waals surface area contributed by atoms with Crippen LogP contribution >= 0.6 is 0 Å². The molecule has 0 aliphatic heterocycles. The summed E-state index contributed by atoms with van der Waals surface area (Å²) in [5, 5.41) is 7.67. The number of ether oxygens (including phenoxy) is 1. The number of alkyl halides is 2. The first-order valence-corrected chi connectivity index (χ1v) is 9.42. The highest BCUT2D eigenvalue weighted by atomic mass is 32.2. The van der Waals surface area contributed by atoms with Gasteiger partial charge in [0.1, 0.15) is 5.75 Å². The quantitative estimate of drug-likeness (QED) is 0.669. The van der Waals surface area contributed by atoms with Gasteiger partial charge in [-0.25, -0.2) is 13.6 Å². The van der Waals surface area contributed by atoms with E-state index in [1.807, 2.05) is 0 Å². The number of para-hydroxylation sites is 1. The Morgan fingerprint density at radius 3 is 2.44 bits per heavy atom. The van der Waals surface area contributed by atoms with Crippen molar-refractivity contribution in [3.05, 3.63) is 65.7 Å². The minimum absolute atomic E-state index is 0.0166. The Morgan fingerprint density at radius 2 is 1.81 bits per heavy atom. The van der Waals surface area contributed by atoms with Crippen molar-refractivity contribution in [3.63, 3.8) is 0 Å². The molecular formula is C18H18F2N2O4S. The average molecular weight is 396 g/mol. The van der Waals surface area contributed by atoms with E-state index in [1.54, 1.807) is 30.3 Å². The van der Waals surface area contributed by atoms with Gasteiger partial charge in [-0.3, -0.25) is 4.79 Å². The Bertz CT molecular complexity index is 913. The summed E-state index contributed by atoms with van der Waals surface area (Å²) in [5.74, 6) is -0.422. The van der Waals surface area contributed by atoms with E-state index in [4.69, 9.17) is 5.14 Å². The minimum atomic E-state index is -3.73. The number of hydrogen-bond donors (Lipinski definition) is 2. The van der Waals surface area contributed by atoms with Crippen LogP contribution in [0.1, 0.15) is 11.1 Å². The second-order valence-corrected chi connectivity index (χ2v) is 7.04. The van der Waals surface area contributed by atoms with Crippen LogP contribution in [0.3, 0.4) is 0 Å². The lowest BCUT2D eigenvalue weighted by molar-refractivity contribution is -0.116. The van der Waals surface area contributed by atoms with Crippen molar-refractivity contribution in [2.45, 2.75) is 17.9 Å². The van der Waals surface area contributed by atoms with E-state index in [-0.39, 0.29) is 10.6 Å². The van der Waals surface area contributed by atoms with Gasteiger partial charge in [0.05, 0.1) is 4.90 Å². The Balaban J connectivity index is 1.87. The molecule has 0 aromatic heterocycles. The normalized spacial score (nSPS) is 11.7. The molecule has 0 spiro atoms. The third-order valence-corrected chi connectivity index (χ3v) is 4.44. The fraction of sp³-hybridized carbons (Fsp3) is 0.167. The fourth-order valence-electron chi connectivity index (χ4n) is 2.22. The van der Waals surface area contributed by atoms with Gasteiger partial charge in [-0.15, -0.1) is 0 Å². The van der Waals surface area contributed by atoms with Gasteiger partial charge in [0.25, 0.3) is 0 Å². The summed E-state index contributed by atoms with van der Waals surface area (Å²) in [7, 11) is -3.73. The van der Waals surface area contributed by atoms with Crippen molar-refractivity contribution in [2.24, 2.45) is 5.14 Å². The predicted molar refractivity (Wildman–Crippen MR) is 96.6 cm³/mol. The number of rotatable bonds is 8. The second kappa shape index (κ2) is 9.24. The van der Waals surface area contributed by atoms with E-state index in [1.165, 1.54) is 30.4 Å².